The number of hydrogen-bond donors (Lipinski definition) is 0. The normalized spacial score (nSPS) is 10.8. The largest absolute Gasteiger partial charge is 0.493 e. The highest BCUT2D eigenvalue weighted by Gasteiger charge is 2.09. The van der Waals surface area contributed by atoms with Gasteiger partial charge in [0.1, 0.15) is 12.7 Å². The average molecular weight is 311 g/mol. The molecule has 18 heavy (non-hydrogen) atoms. The van der Waals surface area contributed by atoms with Crippen LogP contribution in [0.4, 0.5) is 0 Å². The van der Waals surface area contributed by atoms with Crippen molar-refractivity contribution in [3.63, 3.8) is 0 Å². The van der Waals surface area contributed by atoms with Gasteiger partial charge in [0.2, 0.25) is 0 Å². The molecule has 94 valence electrons. The van der Waals surface area contributed by atoms with Gasteiger partial charge in [-0.3, -0.25) is 0 Å². The zero-order valence-corrected chi connectivity index (χ0v) is 11.5. The van der Waals surface area contributed by atoms with Gasteiger partial charge in [0.15, 0.2) is 11.5 Å². The van der Waals surface area contributed by atoms with Crippen molar-refractivity contribution in [1.82, 2.24) is 14.9 Å². The summed E-state index contributed by atoms with van der Waals surface area (Å²) in [4.78, 5) is 0. The molecule has 0 atom stereocenters. The van der Waals surface area contributed by atoms with E-state index in [1.807, 2.05) is 12.1 Å². The Labute approximate surface area is 112 Å². The van der Waals surface area contributed by atoms with Crippen LogP contribution in [0.2, 0.25) is 0 Å². The third-order valence-corrected chi connectivity index (χ3v) is 2.79. The lowest BCUT2D eigenvalue weighted by molar-refractivity contribution is 0.353. The molecule has 0 aliphatic rings. The van der Waals surface area contributed by atoms with Crippen molar-refractivity contribution in [1.29, 1.82) is 0 Å². The second-order valence-corrected chi connectivity index (χ2v) is 4.18. The minimum Gasteiger partial charge on any atom is -0.493 e. The SMILES string of the molecule is COc1cc(/C=N\n2cnnc2)cc(Br)c1OC. The molecule has 2 aromatic rings. The lowest BCUT2D eigenvalue weighted by atomic mass is 10.2. The zero-order chi connectivity index (χ0) is 13.0. The lowest BCUT2D eigenvalue weighted by Crippen LogP contribution is -1.94. The van der Waals surface area contributed by atoms with Gasteiger partial charge in [-0.2, -0.15) is 5.10 Å². The molecule has 0 saturated carbocycles. The van der Waals surface area contributed by atoms with Crippen LogP contribution >= 0.6 is 15.9 Å². The van der Waals surface area contributed by atoms with Gasteiger partial charge >= 0.3 is 0 Å². The fourth-order valence-corrected chi connectivity index (χ4v) is 2.02. The maximum atomic E-state index is 5.25. The standard InChI is InChI=1S/C11H11BrN4O2/c1-17-10-4-8(3-9(12)11(10)18-2)5-15-16-6-13-14-7-16/h3-7H,1-2H3/b15-5-. The van der Waals surface area contributed by atoms with E-state index in [1.54, 1.807) is 20.4 Å². The summed E-state index contributed by atoms with van der Waals surface area (Å²) in [6.45, 7) is 0. The van der Waals surface area contributed by atoms with E-state index in [9.17, 15) is 0 Å². The van der Waals surface area contributed by atoms with E-state index in [-0.39, 0.29) is 0 Å². The number of hydrogen-bond acceptors (Lipinski definition) is 5. The number of ether oxygens (including phenoxy) is 2. The Morgan fingerprint density at radius 2 is 1.94 bits per heavy atom. The number of benzene rings is 1. The van der Waals surface area contributed by atoms with Crippen LogP contribution in [0, 0.1) is 0 Å². The summed E-state index contributed by atoms with van der Waals surface area (Å²) in [7, 11) is 3.18. The number of rotatable bonds is 4. The Kier molecular flexibility index (Phi) is 3.93. The summed E-state index contributed by atoms with van der Waals surface area (Å²) < 4.78 is 12.8. The van der Waals surface area contributed by atoms with Crippen molar-refractivity contribution in [2.75, 3.05) is 14.2 Å². The van der Waals surface area contributed by atoms with E-state index in [0.717, 1.165) is 10.0 Å². The molecule has 0 unspecified atom stereocenters. The van der Waals surface area contributed by atoms with Gasteiger partial charge in [-0.25, -0.2) is 4.68 Å². The molecule has 0 radical (unpaired) electrons. The first-order valence-electron chi connectivity index (χ1n) is 5.05. The first kappa shape index (κ1) is 12.6. The van der Waals surface area contributed by atoms with Crippen molar-refractivity contribution < 1.29 is 9.47 Å². The fourth-order valence-electron chi connectivity index (χ4n) is 1.40. The molecule has 1 aromatic heterocycles. The van der Waals surface area contributed by atoms with Crippen LogP contribution < -0.4 is 9.47 Å². The molecule has 0 aliphatic heterocycles. The minimum absolute atomic E-state index is 0.636. The van der Waals surface area contributed by atoms with Gasteiger partial charge in [0.25, 0.3) is 0 Å². The summed E-state index contributed by atoms with van der Waals surface area (Å²) in [6.07, 6.45) is 4.69. The van der Waals surface area contributed by atoms with Crippen molar-refractivity contribution in [3.05, 3.63) is 34.8 Å². The summed E-state index contributed by atoms with van der Waals surface area (Å²) >= 11 is 3.42. The first-order valence-corrected chi connectivity index (χ1v) is 5.84. The Balaban J connectivity index is 2.32. The van der Waals surface area contributed by atoms with E-state index >= 15 is 0 Å². The Hall–Kier alpha value is -1.89. The number of halogens is 1. The summed E-state index contributed by atoms with van der Waals surface area (Å²) in [5.74, 6) is 1.29. The smallest absolute Gasteiger partial charge is 0.174 e. The third kappa shape index (κ3) is 2.67. The van der Waals surface area contributed by atoms with Crippen molar-refractivity contribution in [3.8, 4) is 11.5 Å². The predicted octanol–water partition coefficient (Wildman–Crippen LogP) is 1.94. The van der Waals surface area contributed by atoms with Crippen LogP contribution in [0.25, 0.3) is 0 Å². The van der Waals surface area contributed by atoms with Crippen LogP contribution in [0.1, 0.15) is 5.56 Å². The quantitative estimate of drug-likeness (QED) is 0.810. The van der Waals surface area contributed by atoms with Crippen LogP contribution in [0.5, 0.6) is 11.5 Å². The number of aromatic nitrogens is 3. The van der Waals surface area contributed by atoms with E-state index in [0.29, 0.717) is 11.5 Å². The number of methoxy groups -OCH3 is 2. The molecule has 0 saturated heterocycles. The molecule has 7 heteroatoms. The monoisotopic (exact) mass is 310 g/mol. The molecule has 2 rings (SSSR count). The highest BCUT2D eigenvalue weighted by atomic mass is 79.9. The highest BCUT2D eigenvalue weighted by molar-refractivity contribution is 9.10. The van der Waals surface area contributed by atoms with E-state index in [4.69, 9.17) is 9.47 Å². The Morgan fingerprint density at radius 3 is 2.56 bits per heavy atom. The van der Waals surface area contributed by atoms with Crippen LogP contribution in [-0.2, 0) is 0 Å². The lowest BCUT2D eigenvalue weighted by Gasteiger charge is -2.10. The number of nitrogens with zero attached hydrogens (tertiary/aromatic N) is 4. The van der Waals surface area contributed by atoms with Gasteiger partial charge in [-0.1, -0.05) is 0 Å². The first-order chi connectivity index (χ1) is 8.74. The van der Waals surface area contributed by atoms with Gasteiger partial charge in [-0.15, -0.1) is 10.2 Å². The highest BCUT2D eigenvalue weighted by Crippen LogP contribution is 2.35. The molecule has 0 amide bonds. The van der Waals surface area contributed by atoms with Gasteiger partial charge in [-0.05, 0) is 33.6 Å². The molecule has 1 aromatic carbocycles. The fraction of sp³-hybridized carbons (Fsp3) is 0.182. The van der Waals surface area contributed by atoms with Gasteiger partial charge < -0.3 is 9.47 Å². The minimum atomic E-state index is 0.636. The second-order valence-electron chi connectivity index (χ2n) is 3.32. The van der Waals surface area contributed by atoms with Crippen LogP contribution in [0.15, 0.2) is 34.4 Å². The predicted molar refractivity (Wildman–Crippen MR) is 70.3 cm³/mol. The maximum Gasteiger partial charge on any atom is 0.174 e. The van der Waals surface area contributed by atoms with E-state index < -0.39 is 0 Å². The molecular formula is C11H11BrN4O2. The molecule has 0 bridgehead atoms. The van der Waals surface area contributed by atoms with Crippen molar-refractivity contribution in [2.24, 2.45) is 5.10 Å². The maximum absolute atomic E-state index is 5.25. The molecule has 0 fully saturated rings. The molecule has 0 spiro atoms. The average Bonchev–Trinajstić information content (AvgIpc) is 2.88. The van der Waals surface area contributed by atoms with E-state index in [1.165, 1.54) is 17.3 Å². The molecule has 1 heterocycles. The van der Waals surface area contributed by atoms with Gasteiger partial charge in [0.05, 0.1) is 24.9 Å². The topological polar surface area (TPSA) is 61.5 Å². The third-order valence-electron chi connectivity index (χ3n) is 2.20. The van der Waals surface area contributed by atoms with Crippen molar-refractivity contribution in [2.45, 2.75) is 0 Å². The van der Waals surface area contributed by atoms with Crippen LogP contribution in [-0.4, -0.2) is 35.3 Å². The zero-order valence-electron chi connectivity index (χ0n) is 9.87. The van der Waals surface area contributed by atoms with Gasteiger partial charge in [0, 0.05) is 0 Å². The molecule has 6 nitrogen and oxygen atoms in total. The Bertz CT molecular complexity index is 554. The van der Waals surface area contributed by atoms with Crippen LogP contribution in [0.3, 0.4) is 0 Å². The Morgan fingerprint density at radius 1 is 1.22 bits per heavy atom. The second kappa shape index (κ2) is 5.63. The summed E-state index contributed by atoms with van der Waals surface area (Å²) in [6, 6.07) is 3.71. The summed E-state index contributed by atoms with van der Waals surface area (Å²) in [5.41, 5.74) is 0.869. The molecule has 0 N–H and O–H groups in total. The molecular weight excluding hydrogens is 300 g/mol. The summed E-state index contributed by atoms with van der Waals surface area (Å²) in [5, 5.41) is 11.5. The van der Waals surface area contributed by atoms with E-state index in [2.05, 4.69) is 31.2 Å². The molecule has 0 aliphatic carbocycles. The van der Waals surface area contributed by atoms with Crippen molar-refractivity contribution >= 4 is 22.1 Å².